The molecule has 3 aromatic rings. The largest absolute Gasteiger partial charge is 0.312 e. The van der Waals surface area contributed by atoms with Crippen LogP contribution in [0.2, 0.25) is 0 Å². The first kappa shape index (κ1) is 20.2. The average molecular weight is 425 g/mol. The summed E-state index contributed by atoms with van der Waals surface area (Å²) < 4.78 is 30.5. The monoisotopic (exact) mass is 424 g/mol. The molecular formula is C22H24N4O3S. The molecule has 4 rings (SSSR count). The summed E-state index contributed by atoms with van der Waals surface area (Å²) in [5.74, 6) is 0.379. The summed E-state index contributed by atoms with van der Waals surface area (Å²) in [4.78, 5) is 13.7. The number of rotatable bonds is 5. The Hall–Kier alpha value is -3.13. The van der Waals surface area contributed by atoms with E-state index in [1.54, 1.807) is 33.8 Å². The molecule has 1 N–H and O–H groups in total. The Morgan fingerprint density at radius 1 is 1.13 bits per heavy atom. The minimum absolute atomic E-state index is 0.0371. The highest BCUT2D eigenvalue weighted by atomic mass is 32.2. The molecule has 0 bridgehead atoms. The van der Waals surface area contributed by atoms with E-state index in [0.717, 1.165) is 35.3 Å². The summed E-state index contributed by atoms with van der Waals surface area (Å²) in [6, 6.07) is 16.4. The lowest BCUT2D eigenvalue weighted by Crippen LogP contribution is -2.33. The summed E-state index contributed by atoms with van der Waals surface area (Å²) in [6.45, 7) is 4.47. The first-order valence-corrected chi connectivity index (χ1v) is 11.3. The number of benzene rings is 2. The Bertz CT molecular complexity index is 1190. The van der Waals surface area contributed by atoms with E-state index in [0.29, 0.717) is 18.9 Å². The number of aromatic nitrogens is 2. The van der Waals surface area contributed by atoms with Crippen molar-refractivity contribution in [1.82, 2.24) is 9.78 Å². The number of amides is 1. The molecule has 0 saturated heterocycles. The van der Waals surface area contributed by atoms with Gasteiger partial charge in [-0.15, -0.1) is 0 Å². The van der Waals surface area contributed by atoms with Crippen LogP contribution in [-0.2, 0) is 27.8 Å². The summed E-state index contributed by atoms with van der Waals surface area (Å²) in [6.07, 6.45) is 1.56. The van der Waals surface area contributed by atoms with Gasteiger partial charge in [0.15, 0.2) is 0 Å². The van der Waals surface area contributed by atoms with Crippen molar-refractivity contribution < 1.29 is 13.2 Å². The van der Waals surface area contributed by atoms with E-state index in [4.69, 9.17) is 0 Å². The van der Waals surface area contributed by atoms with Crippen LogP contribution in [0, 0.1) is 6.92 Å². The number of sulfonamides is 1. The molecule has 0 atom stereocenters. The van der Waals surface area contributed by atoms with Crippen LogP contribution in [0.5, 0.6) is 0 Å². The van der Waals surface area contributed by atoms with Gasteiger partial charge in [0.1, 0.15) is 5.82 Å². The second kappa shape index (κ2) is 7.95. The van der Waals surface area contributed by atoms with Crippen LogP contribution < -0.4 is 9.62 Å². The summed E-state index contributed by atoms with van der Waals surface area (Å²) >= 11 is 0. The van der Waals surface area contributed by atoms with Crippen molar-refractivity contribution in [2.45, 2.75) is 38.1 Å². The van der Waals surface area contributed by atoms with Gasteiger partial charge in [-0.25, -0.2) is 13.1 Å². The molecule has 156 valence electrons. The fourth-order valence-corrected chi connectivity index (χ4v) is 4.87. The van der Waals surface area contributed by atoms with Crippen LogP contribution in [0.4, 0.5) is 11.5 Å². The van der Waals surface area contributed by atoms with Gasteiger partial charge in [-0.05, 0) is 49.1 Å². The number of carbonyl (C=O) groups excluding carboxylic acids is 1. The van der Waals surface area contributed by atoms with Gasteiger partial charge in [-0.1, -0.05) is 30.3 Å². The Balaban J connectivity index is 1.62. The van der Waals surface area contributed by atoms with Crippen LogP contribution in [0.25, 0.3) is 0 Å². The molecule has 0 fully saturated rings. The molecule has 2 aromatic carbocycles. The third-order valence-electron chi connectivity index (χ3n) is 5.18. The first-order chi connectivity index (χ1) is 14.3. The number of anilines is 2. The van der Waals surface area contributed by atoms with Crippen molar-refractivity contribution in [2.75, 3.05) is 16.2 Å². The molecule has 7 nitrogen and oxygen atoms in total. The lowest BCUT2D eigenvalue weighted by Gasteiger charge is -2.28. The topological polar surface area (TPSA) is 84.3 Å². The average Bonchev–Trinajstić information content (AvgIpc) is 3.05. The zero-order valence-electron chi connectivity index (χ0n) is 17.0. The van der Waals surface area contributed by atoms with Crippen molar-refractivity contribution in [3.8, 4) is 0 Å². The van der Waals surface area contributed by atoms with Crippen LogP contribution in [0.3, 0.4) is 0 Å². The maximum absolute atomic E-state index is 13.1. The van der Waals surface area contributed by atoms with E-state index in [2.05, 4.69) is 9.82 Å². The summed E-state index contributed by atoms with van der Waals surface area (Å²) in [5, 5.41) is 4.43. The standard InChI is InChI=1S/C22H24N4O3S/c1-16-13-22(26(23-16)15-18-7-4-3-5-8-18)24-30(28,29)20-10-11-21-19(14-20)9-6-12-25(21)17(2)27/h3-5,7-8,10-11,13-14,24H,6,9,12,15H2,1-2H3. The van der Waals surface area contributed by atoms with Crippen LogP contribution in [-0.4, -0.2) is 30.7 Å². The normalized spacial score (nSPS) is 13.7. The van der Waals surface area contributed by atoms with Crippen LogP contribution in [0.1, 0.15) is 30.2 Å². The maximum atomic E-state index is 13.1. The van der Waals surface area contributed by atoms with Crippen molar-refractivity contribution in [1.29, 1.82) is 0 Å². The van der Waals surface area contributed by atoms with Crippen molar-refractivity contribution in [3.05, 3.63) is 71.4 Å². The van der Waals surface area contributed by atoms with E-state index >= 15 is 0 Å². The van der Waals surface area contributed by atoms with E-state index in [1.165, 1.54) is 6.92 Å². The molecular weight excluding hydrogens is 400 g/mol. The van der Waals surface area contributed by atoms with Crippen molar-refractivity contribution in [3.63, 3.8) is 0 Å². The Morgan fingerprint density at radius 3 is 2.63 bits per heavy atom. The van der Waals surface area contributed by atoms with Gasteiger partial charge in [0.25, 0.3) is 10.0 Å². The SMILES string of the molecule is CC(=O)N1CCCc2cc(S(=O)(=O)Nc3cc(C)nn3Cc3ccccc3)ccc21. The van der Waals surface area contributed by atoms with E-state index in [1.807, 2.05) is 37.3 Å². The number of fused-ring (bicyclic) bond motifs is 1. The fraction of sp³-hybridized carbons (Fsp3) is 0.273. The fourth-order valence-electron chi connectivity index (χ4n) is 3.77. The molecule has 0 radical (unpaired) electrons. The molecule has 0 aliphatic carbocycles. The zero-order chi connectivity index (χ0) is 21.3. The predicted octanol–water partition coefficient (Wildman–Crippen LogP) is 3.34. The number of aryl methyl sites for hydroxylation is 2. The molecule has 2 heterocycles. The smallest absolute Gasteiger partial charge is 0.263 e. The van der Waals surface area contributed by atoms with Crippen LogP contribution >= 0.6 is 0 Å². The lowest BCUT2D eigenvalue weighted by molar-refractivity contribution is -0.116. The molecule has 0 spiro atoms. The van der Waals surface area contributed by atoms with Crippen molar-refractivity contribution >= 4 is 27.4 Å². The van der Waals surface area contributed by atoms with Gasteiger partial charge in [0, 0.05) is 25.2 Å². The predicted molar refractivity (Wildman–Crippen MR) is 116 cm³/mol. The molecule has 0 saturated carbocycles. The maximum Gasteiger partial charge on any atom is 0.263 e. The molecule has 1 aliphatic heterocycles. The van der Waals surface area contributed by atoms with E-state index in [-0.39, 0.29) is 10.8 Å². The van der Waals surface area contributed by atoms with E-state index in [9.17, 15) is 13.2 Å². The second-order valence-corrected chi connectivity index (χ2v) is 9.17. The van der Waals surface area contributed by atoms with Gasteiger partial charge < -0.3 is 4.90 Å². The molecule has 1 aliphatic rings. The number of nitrogens with one attached hydrogen (secondary N) is 1. The van der Waals surface area contributed by atoms with Gasteiger partial charge in [-0.3, -0.25) is 9.52 Å². The van der Waals surface area contributed by atoms with Gasteiger partial charge in [0.05, 0.1) is 17.1 Å². The molecule has 0 unspecified atom stereocenters. The highest BCUT2D eigenvalue weighted by Gasteiger charge is 2.24. The minimum atomic E-state index is -3.80. The lowest BCUT2D eigenvalue weighted by atomic mass is 10.0. The summed E-state index contributed by atoms with van der Waals surface area (Å²) in [7, 11) is -3.80. The number of nitrogens with zero attached hydrogens (tertiary/aromatic N) is 3. The third-order valence-corrected chi connectivity index (χ3v) is 6.53. The van der Waals surface area contributed by atoms with Gasteiger partial charge in [0.2, 0.25) is 5.91 Å². The third kappa shape index (κ3) is 4.09. The second-order valence-electron chi connectivity index (χ2n) is 7.48. The van der Waals surface area contributed by atoms with E-state index < -0.39 is 10.0 Å². The van der Waals surface area contributed by atoms with Crippen LogP contribution in [0.15, 0.2) is 59.5 Å². The molecule has 8 heteroatoms. The highest BCUT2D eigenvalue weighted by Crippen LogP contribution is 2.30. The minimum Gasteiger partial charge on any atom is -0.312 e. The quantitative estimate of drug-likeness (QED) is 0.681. The Morgan fingerprint density at radius 2 is 1.90 bits per heavy atom. The molecule has 30 heavy (non-hydrogen) atoms. The Kier molecular flexibility index (Phi) is 5.34. The Labute approximate surface area is 176 Å². The number of hydrogen-bond acceptors (Lipinski definition) is 4. The molecule has 1 amide bonds. The van der Waals surface area contributed by atoms with Gasteiger partial charge >= 0.3 is 0 Å². The van der Waals surface area contributed by atoms with Crippen molar-refractivity contribution in [2.24, 2.45) is 0 Å². The zero-order valence-corrected chi connectivity index (χ0v) is 17.8. The highest BCUT2D eigenvalue weighted by molar-refractivity contribution is 7.92. The number of hydrogen-bond donors (Lipinski definition) is 1. The molecule has 1 aromatic heterocycles. The van der Waals surface area contributed by atoms with Gasteiger partial charge in [-0.2, -0.15) is 5.10 Å². The summed E-state index contributed by atoms with van der Waals surface area (Å²) in [5.41, 5.74) is 3.41. The number of carbonyl (C=O) groups is 1. The first-order valence-electron chi connectivity index (χ1n) is 9.86.